The predicted octanol–water partition coefficient (Wildman–Crippen LogP) is 1.89. The summed E-state index contributed by atoms with van der Waals surface area (Å²) in [7, 11) is 0. The summed E-state index contributed by atoms with van der Waals surface area (Å²) in [4.78, 5) is 14.3. The molecule has 4 heteroatoms. The lowest BCUT2D eigenvalue weighted by atomic mass is 10.1. The van der Waals surface area contributed by atoms with Crippen LogP contribution in [0, 0.1) is 11.3 Å². The number of likely N-dealkylation sites (tertiary alicyclic amines) is 1. The Hall–Kier alpha value is -1.47. The number of thioether (sulfide) groups is 1. The lowest BCUT2D eigenvalue weighted by molar-refractivity contribution is 0.0747. The molecule has 1 aromatic carbocycles. The van der Waals surface area contributed by atoms with Gasteiger partial charge in [0.1, 0.15) is 0 Å². The predicted molar refractivity (Wildman–Crippen MR) is 66.8 cm³/mol. The van der Waals surface area contributed by atoms with E-state index in [1.165, 1.54) is 0 Å². The van der Waals surface area contributed by atoms with E-state index in [0.717, 1.165) is 18.7 Å². The smallest absolute Gasteiger partial charge is 0.254 e. The molecule has 0 radical (unpaired) electrons. The number of carbonyl (C=O) groups is 1. The first kappa shape index (κ1) is 10.7. The van der Waals surface area contributed by atoms with E-state index in [4.69, 9.17) is 5.26 Å². The molecule has 0 aromatic heterocycles. The fourth-order valence-electron chi connectivity index (χ4n) is 2.54. The van der Waals surface area contributed by atoms with Crippen LogP contribution in [0.1, 0.15) is 22.3 Å². The van der Waals surface area contributed by atoms with Crippen LogP contribution in [0.4, 0.5) is 0 Å². The van der Waals surface area contributed by atoms with Gasteiger partial charge in [0.2, 0.25) is 0 Å². The molecule has 1 aromatic rings. The number of carbonyl (C=O) groups excluding carboxylic acids is 1. The molecule has 86 valence electrons. The van der Waals surface area contributed by atoms with Gasteiger partial charge in [0.25, 0.3) is 5.91 Å². The molecule has 0 aliphatic carbocycles. The highest BCUT2D eigenvalue weighted by molar-refractivity contribution is 8.00. The first-order valence-corrected chi connectivity index (χ1v) is 6.75. The van der Waals surface area contributed by atoms with Crippen LogP contribution in [-0.2, 0) is 0 Å². The fraction of sp³-hybridized carbons (Fsp3) is 0.385. The maximum absolute atomic E-state index is 12.3. The third kappa shape index (κ3) is 1.81. The lowest BCUT2D eigenvalue weighted by Gasteiger charge is -2.26. The van der Waals surface area contributed by atoms with E-state index in [2.05, 4.69) is 6.07 Å². The summed E-state index contributed by atoms with van der Waals surface area (Å²) >= 11 is 1.97. The number of amides is 1. The molecule has 2 atom stereocenters. The van der Waals surface area contributed by atoms with Crippen LogP contribution in [0.3, 0.4) is 0 Å². The van der Waals surface area contributed by atoms with E-state index in [1.807, 2.05) is 16.7 Å². The summed E-state index contributed by atoms with van der Waals surface area (Å²) in [6, 6.07) is 9.45. The summed E-state index contributed by atoms with van der Waals surface area (Å²) in [5.74, 6) is 1.14. The third-order valence-corrected chi connectivity index (χ3v) is 4.79. The second-order valence-corrected chi connectivity index (χ2v) is 5.83. The lowest BCUT2D eigenvalue weighted by Crippen LogP contribution is -2.39. The molecular weight excluding hydrogens is 232 g/mol. The van der Waals surface area contributed by atoms with Crippen molar-refractivity contribution in [2.45, 2.75) is 17.7 Å². The normalized spacial score (nSPS) is 25.9. The van der Waals surface area contributed by atoms with Gasteiger partial charge in [0.15, 0.2) is 0 Å². The number of nitriles is 1. The van der Waals surface area contributed by atoms with Gasteiger partial charge in [-0.3, -0.25) is 4.79 Å². The summed E-state index contributed by atoms with van der Waals surface area (Å²) in [5.41, 5.74) is 1.19. The van der Waals surface area contributed by atoms with Gasteiger partial charge in [-0.15, -0.1) is 0 Å². The number of hydrogen-bond donors (Lipinski definition) is 0. The number of hydrogen-bond acceptors (Lipinski definition) is 3. The summed E-state index contributed by atoms with van der Waals surface area (Å²) in [6.45, 7) is 0.866. The van der Waals surface area contributed by atoms with Crippen LogP contribution in [0.2, 0.25) is 0 Å². The van der Waals surface area contributed by atoms with E-state index in [0.29, 0.717) is 22.4 Å². The molecule has 2 bridgehead atoms. The summed E-state index contributed by atoms with van der Waals surface area (Å²) in [6.07, 6.45) is 1.13. The van der Waals surface area contributed by atoms with Crippen molar-refractivity contribution in [1.82, 2.24) is 4.90 Å². The molecule has 0 spiro atoms. The zero-order chi connectivity index (χ0) is 11.8. The zero-order valence-corrected chi connectivity index (χ0v) is 10.1. The van der Waals surface area contributed by atoms with Crippen molar-refractivity contribution in [3.8, 4) is 6.07 Å². The second-order valence-electron chi connectivity index (χ2n) is 4.49. The topological polar surface area (TPSA) is 44.1 Å². The zero-order valence-electron chi connectivity index (χ0n) is 9.30. The molecule has 3 rings (SSSR count). The van der Waals surface area contributed by atoms with Crippen molar-refractivity contribution in [1.29, 1.82) is 5.26 Å². The number of benzene rings is 1. The van der Waals surface area contributed by atoms with Gasteiger partial charge in [-0.25, -0.2) is 0 Å². The van der Waals surface area contributed by atoms with E-state index in [1.54, 1.807) is 24.3 Å². The fourth-order valence-corrected chi connectivity index (χ4v) is 3.97. The average Bonchev–Trinajstić information content (AvgIpc) is 3.00. The van der Waals surface area contributed by atoms with Gasteiger partial charge in [-0.2, -0.15) is 17.0 Å². The molecule has 3 nitrogen and oxygen atoms in total. The second kappa shape index (κ2) is 4.08. The first-order chi connectivity index (χ1) is 8.28. The SMILES string of the molecule is N#Cc1cccc(C(=O)N2C[C@H]3C[C@H]2CS3)c1. The Morgan fingerprint density at radius 3 is 3.06 bits per heavy atom. The van der Waals surface area contributed by atoms with E-state index in [9.17, 15) is 4.79 Å². The van der Waals surface area contributed by atoms with E-state index in [-0.39, 0.29) is 5.91 Å². The van der Waals surface area contributed by atoms with Gasteiger partial charge in [-0.1, -0.05) is 6.07 Å². The first-order valence-electron chi connectivity index (χ1n) is 5.70. The van der Waals surface area contributed by atoms with Crippen LogP contribution < -0.4 is 0 Å². The molecule has 0 unspecified atom stereocenters. The maximum Gasteiger partial charge on any atom is 0.254 e. The molecular formula is C13H12N2OS. The molecule has 1 amide bonds. The van der Waals surface area contributed by atoms with Gasteiger partial charge >= 0.3 is 0 Å². The van der Waals surface area contributed by atoms with Crippen LogP contribution >= 0.6 is 11.8 Å². The molecule has 2 heterocycles. The largest absolute Gasteiger partial charge is 0.334 e. The number of nitrogens with zero attached hydrogens (tertiary/aromatic N) is 2. The van der Waals surface area contributed by atoms with Gasteiger partial charge < -0.3 is 4.90 Å². The van der Waals surface area contributed by atoms with Crippen molar-refractivity contribution in [3.05, 3.63) is 35.4 Å². The molecule has 2 aliphatic rings. The summed E-state index contributed by atoms with van der Waals surface area (Å²) in [5, 5.41) is 9.46. The highest BCUT2D eigenvalue weighted by Crippen LogP contribution is 2.38. The molecule has 2 fully saturated rings. The number of rotatable bonds is 1. The maximum atomic E-state index is 12.3. The highest BCUT2D eigenvalue weighted by atomic mass is 32.2. The van der Waals surface area contributed by atoms with Crippen molar-refractivity contribution in [3.63, 3.8) is 0 Å². The van der Waals surface area contributed by atoms with Crippen molar-refractivity contribution >= 4 is 17.7 Å². The Morgan fingerprint density at radius 1 is 1.53 bits per heavy atom. The summed E-state index contributed by atoms with van der Waals surface area (Å²) < 4.78 is 0. The Balaban J connectivity index is 1.84. The molecule has 0 N–H and O–H groups in total. The van der Waals surface area contributed by atoms with Crippen molar-refractivity contribution < 1.29 is 4.79 Å². The third-order valence-electron chi connectivity index (χ3n) is 3.40. The van der Waals surface area contributed by atoms with Gasteiger partial charge in [0.05, 0.1) is 11.6 Å². The van der Waals surface area contributed by atoms with E-state index < -0.39 is 0 Å². The Labute approximate surface area is 104 Å². The molecule has 0 saturated carbocycles. The van der Waals surface area contributed by atoms with Crippen LogP contribution in [-0.4, -0.2) is 34.4 Å². The quantitative estimate of drug-likeness (QED) is 0.757. The minimum atomic E-state index is 0.0786. The van der Waals surface area contributed by atoms with Gasteiger partial charge in [0, 0.05) is 29.2 Å². The number of fused-ring (bicyclic) bond motifs is 2. The minimum Gasteiger partial charge on any atom is -0.334 e. The van der Waals surface area contributed by atoms with Crippen molar-refractivity contribution in [2.75, 3.05) is 12.3 Å². The van der Waals surface area contributed by atoms with E-state index >= 15 is 0 Å². The minimum absolute atomic E-state index is 0.0786. The molecule has 2 aliphatic heterocycles. The van der Waals surface area contributed by atoms with Crippen LogP contribution in [0.15, 0.2) is 24.3 Å². The Kier molecular flexibility index (Phi) is 2.56. The average molecular weight is 244 g/mol. The Morgan fingerprint density at radius 2 is 2.41 bits per heavy atom. The Bertz CT molecular complexity index is 508. The van der Waals surface area contributed by atoms with Crippen LogP contribution in [0.25, 0.3) is 0 Å². The monoisotopic (exact) mass is 244 g/mol. The van der Waals surface area contributed by atoms with Crippen molar-refractivity contribution in [2.24, 2.45) is 0 Å². The molecule has 17 heavy (non-hydrogen) atoms. The highest BCUT2D eigenvalue weighted by Gasteiger charge is 2.41. The van der Waals surface area contributed by atoms with Gasteiger partial charge in [-0.05, 0) is 24.6 Å². The van der Waals surface area contributed by atoms with Crippen LogP contribution in [0.5, 0.6) is 0 Å². The molecule has 2 saturated heterocycles. The standard InChI is InChI=1S/C13H12N2OS/c14-6-9-2-1-3-10(4-9)13(16)15-7-12-5-11(15)8-17-12/h1-4,11-12H,5,7-8H2/t11-,12+/m0/s1.